The molecule has 1 aromatic heterocycles. The van der Waals surface area contributed by atoms with Gasteiger partial charge in [0.2, 0.25) is 5.78 Å². The summed E-state index contributed by atoms with van der Waals surface area (Å²) < 4.78 is 5.64. The van der Waals surface area contributed by atoms with E-state index in [2.05, 4.69) is 4.98 Å². The zero-order valence-corrected chi connectivity index (χ0v) is 11.6. The number of ether oxygens (including phenoxy) is 1. The summed E-state index contributed by atoms with van der Waals surface area (Å²) in [5.41, 5.74) is 0.447. The van der Waals surface area contributed by atoms with Crippen molar-refractivity contribution in [1.29, 1.82) is 0 Å². The first-order valence-electron chi connectivity index (χ1n) is 6.48. The van der Waals surface area contributed by atoms with E-state index in [0.29, 0.717) is 5.56 Å². The Hall–Kier alpha value is -2.01. The topological polar surface area (TPSA) is 76.5 Å². The number of hydrogen-bond donors (Lipinski definition) is 1. The fourth-order valence-electron chi connectivity index (χ4n) is 2.77. The molecule has 104 valence electrons. The number of carbonyl (C=O) groups is 2. The van der Waals surface area contributed by atoms with Crippen molar-refractivity contribution in [2.45, 2.75) is 38.9 Å². The molecule has 3 rings (SSSR count). The first kappa shape index (κ1) is 13.0. The Bertz CT molecular complexity index is 672. The highest BCUT2D eigenvalue weighted by Gasteiger charge is 2.45. The molecule has 0 fully saturated rings. The predicted octanol–water partition coefficient (Wildman–Crippen LogP) is 1.58. The van der Waals surface area contributed by atoms with E-state index < -0.39 is 17.5 Å². The summed E-state index contributed by atoms with van der Waals surface area (Å²) in [7, 11) is 0. The van der Waals surface area contributed by atoms with Crippen LogP contribution in [0.25, 0.3) is 0 Å². The third-order valence-electron chi connectivity index (χ3n) is 3.69. The summed E-state index contributed by atoms with van der Waals surface area (Å²) in [5.74, 6) is -0.835. The van der Waals surface area contributed by atoms with Gasteiger partial charge < -0.3 is 9.84 Å². The van der Waals surface area contributed by atoms with Crippen molar-refractivity contribution in [2.75, 3.05) is 0 Å². The molecule has 5 heteroatoms. The van der Waals surface area contributed by atoms with Crippen LogP contribution in [0.1, 0.15) is 46.7 Å². The zero-order chi connectivity index (χ0) is 14.7. The number of aliphatic hydroxyl groups excluding tert-OH is 1. The van der Waals surface area contributed by atoms with Crippen LogP contribution in [-0.2, 0) is 4.74 Å². The summed E-state index contributed by atoms with van der Waals surface area (Å²) in [5, 5.41) is 10.2. The second-order valence-corrected chi connectivity index (χ2v) is 5.83. The van der Waals surface area contributed by atoms with Crippen LogP contribution in [-0.4, -0.2) is 33.4 Å². The molecule has 0 amide bonds. The molecule has 0 spiro atoms. The maximum Gasteiger partial charge on any atom is 0.247 e. The minimum Gasteiger partial charge on any atom is -0.483 e. The van der Waals surface area contributed by atoms with E-state index in [4.69, 9.17) is 4.74 Å². The molecule has 5 nitrogen and oxygen atoms in total. The maximum atomic E-state index is 12.5. The van der Waals surface area contributed by atoms with Gasteiger partial charge in [0.05, 0.1) is 17.2 Å². The van der Waals surface area contributed by atoms with Crippen LogP contribution in [0.5, 0.6) is 0 Å². The van der Waals surface area contributed by atoms with E-state index in [1.165, 1.54) is 6.20 Å². The Morgan fingerprint density at radius 1 is 1.35 bits per heavy atom. The van der Waals surface area contributed by atoms with Crippen molar-refractivity contribution in [2.24, 2.45) is 0 Å². The van der Waals surface area contributed by atoms with Gasteiger partial charge in [0.15, 0.2) is 11.5 Å². The van der Waals surface area contributed by atoms with E-state index in [0.717, 1.165) is 0 Å². The van der Waals surface area contributed by atoms with Crippen molar-refractivity contribution >= 4 is 11.6 Å². The largest absolute Gasteiger partial charge is 0.483 e. The third-order valence-corrected chi connectivity index (χ3v) is 3.69. The lowest BCUT2D eigenvalue weighted by atomic mass is 9.81. The molecule has 2 aliphatic rings. The lowest BCUT2D eigenvalue weighted by molar-refractivity contribution is -0.0251. The van der Waals surface area contributed by atoms with Gasteiger partial charge in [0.1, 0.15) is 11.3 Å². The van der Waals surface area contributed by atoms with E-state index >= 15 is 0 Å². The van der Waals surface area contributed by atoms with Gasteiger partial charge in [0.25, 0.3) is 0 Å². The van der Waals surface area contributed by atoms with Crippen LogP contribution in [0.2, 0.25) is 0 Å². The number of nitrogens with zero attached hydrogens (tertiary/aromatic N) is 1. The molecule has 1 atom stereocenters. The molecule has 0 saturated heterocycles. The fraction of sp³-hybridized carbons (Fsp3) is 0.400. The predicted molar refractivity (Wildman–Crippen MR) is 70.4 cm³/mol. The van der Waals surface area contributed by atoms with E-state index in [9.17, 15) is 14.7 Å². The quantitative estimate of drug-likeness (QED) is 0.776. The van der Waals surface area contributed by atoms with Crippen molar-refractivity contribution < 1.29 is 19.4 Å². The summed E-state index contributed by atoms with van der Waals surface area (Å²) in [6.45, 7) is 5.30. The van der Waals surface area contributed by atoms with E-state index in [1.807, 2.05) is 0 Å². The van der Waals surface area contributed by atoms with Gasteiger partial charge >= 0.3 is 0 Å². The smallest absolute Gasteiger partial charge is 0.247 e. The van der Waals surface area contributed by atoms with Gasteiger partial charge in [-0.25, -0.2) is 0 Å². The lowest BCUT2D eigenvalue weighted by Crippen LogP contribution is -2.43. The molecular formula is C15H15NO4. The SMILES string of the molecule is Cc1ccnc2c1C(=O)C1=C(OC(C)(C)CC1O)C2=O. The monoisotopic (exact) mass is 273 g/mol. The van der Waals surface area contributed by atoms with Crippen molar-refractivity contribution in [1.82, 2.24) is 4.98 Å². The van der Waals surface area contributed by atoms with Crippen molar-refractivity contribution in [3.05, 3.63) is 40.4 Å². The number of fused-ring (bicyclic) bond motifs is 1. The Morgan fingerprint density at radius 2 is 2.05 bits per heavy atom. The molecule has 1 aliphatic carbocycles. The average Bonchev–Trinajstić information content (AvgIpc) is 2.33. The second kappa shape index (κ2) is 3.99. The molecule has 0 aromatic carbocycles. The number of Topliss-reactive ketones (excluding diaryl/α,β-unsaturated/α-hetero) is 2. The number of pyridine rings is 1. The highest BCUT2D eigenvalue weighted by atomic mass is 16.5. The number of aryl methyl sites for hydroxylation is 1. The highest BCUT2D eigenvalue weighted by molar-refractivity contribution is 6.26. The number of aromatic nitrogens is 1. The van der Waals surface area contributed by atoms with Gasteiger partial charge in [0, 0.05) is 12.6 Å². The minimum atomic E-state index is -0.988. The number of carbonyl (C=O) groups excluding carboxylic acids is 2. The van der Waals surface area contributed by atoms with Crippen LogP contribution < -0.4 is 0 Å². The molecule has 0 bridgehead atoms. The van der Waals surface area contributed by atoms with Crippen molar-refractivity contribution in [3.63, 3.8) is 0 Å². The van der Waals surface area contributed by atoms with E-state index in [1.54, 1.807) is 26.8 Å². The first-order chi connectivity index (χ1) is 9.32. The highest BCUT2D eigenvalue weighted by Crippen LogP contribution is 2.38. The molecule has 1 unspecified atom stereocenters. The lowest BCUT2D eigenvalue weighted by Gasteiger charge is -2.37. The second-order valence-electron chi connectivity index (χ2n) is 5.83. The van der Waals surface area contributed by atoms with Crippen LogP contribution in [0.3, 0.4) is 0 Å². The number of aliphatic hydroxyl groups is 1. The minimum absolute atomic E-state index is 0.0515. The molecule has 20 heavy (non-hydrogen) atoms. The molecular weight excluding hydrogens is 258 g/mol. The summed E-state index contributed by atoms with van der Waals surface area (Å²) in [6.07, 6.45) is 0.785. The van der Waals surface area contributed by atoms with Crippen LogP contribution in [0.4, 0.5) is 0 Å². The zero-order valence-electron chi connectivity index (χ0n) is 11.6. The molecule has 1 N–H and O–H groups in total. The Labute approximate surface area is 116 Å². The molecule has 2 heterocycles. The molecule has 0 saturated carbocycles. The standard InChI is InChI=1S/C15H15NO4/c1-7-4-5-16-11-9(7)12(18)10-8(17)6-15(2,3)20-14(10)13(11)19/h4-5,8,17H,6H2,1-3H3. The van der Waals surface area contributed by atoms with Gasteiger partial charge in [-0.15, -0.1) is 0 Å². The van der Waals surface area contributed by atoms with Gasteiger partial charge in [-0.2, -0.15) is 0 Å². The molecule has 0 radical (unpaired) electrons. The van der Waals surface area contributed by atoms with E-state index in [-0.39, 0.29) is 34.8 Å². The van der Waals surface area contributed by atoms with Crippen molar-refractivity contribution in [3.8, 4) is 0 Å². The Morgan fingerprint density at radius 3 is 2.75 bits per heavy atom. The molecule has 1 aliphatic heterocycles. The molecule has 1 aromatic rings. The van der Waals surface area contributed by atoms with Crippen LogP contribution >= 0.6 is 0 Å². The first-order valence-corrected chi connectivity index (χ1v) is 6.48. The Kier molecular flexibility index (Phi) is 2.59. The fourth-order valence-corrected chi connectivity index (χ4v) is 2.77. The van der Waals surface area contributed by atoms with Crippen LogP contribution in [0, 0.1) is 6.92 Å². The maximum absolute atomic E-state index is 12.5. The summed E-state index contributed by atoms with van der Waals surface area (Å²) in [6, 6.07) is 1.68. The number of hydrogen-bond acceptors (Lipinski definition) is 5. The van der Waals surface area contributed by atoms with Gasteiger partial charge in [-0.1, -0.05) is 0 Å². The summed E-state index contributed by atoms with van der Waals surface area (Å²) >= 11 is 0. The normalized spacial score (nSPS) is 24.1. The Balaban J connectivity index is 2.24. The van der Waals surface area contributed by atoms with Crippen LogP contribution in [0.15, 0.2) is 23.6 Å². The number of rotatable bonds is 0. The number of allylic oxidation sites excluding steroid dienone is 1. The third kappa shape index (κ3) is 1.70. The van der Waals surface area contributed by atoms with Gasteiger partial charge in [-0.05, 0) is 32.4 Å². The average molecular weight is 273 g/mol. The van der Waals surface area contributed by atoms with Gasteiger partial charge in [-0.3, -0.25) is 14.6 Å². The number of ketones is 2. The summed E-state index contributed by atoms with van der Waals surface area (Å²) in [4.78, 5) is 29.0.